The van der Waals surface area contributed by atoms with Gasteiger partial charge in [-0.05, 0) is 31.1 Å². The van der Waals surface area contributed by atoms with Gasteiger partial charge in [-0.25, -0.2) is 0 Å². The number of alkyl halides is 3. The van der Waals surface area contributed by atoms with E-state index in [9.17, 15) is 0 Å². The van der Waals surface area contributed by atoms with E-state index in [4.69, 9.17) is 16.7 Å². The molecule has 72 valence electrons. The van der Waals surface area contributed by atoms with Gasteiger partial charge in [-0.2, -0.15) is 0 Å². The summed E-state index contributed by atoms with van der Waals surface area (Å²) >= 11 is 12.8. The summed E-state index contributed by atoms with van der Waals surface area (Å²) < 4.78 is 0.0921. The first kappa shape index (κ1) is 11.3. The summed E-state index contributed by atoms with van der Waals surface area (Å²) in [5, 5.41) is 8.78. The van der Waals surface area contributed by atoms with Gasteiger partial charge in [0.1, 0.15) is 0 Å². The lowest BCUT2D eigenvalue weighted by Gasteiger charge is -1.95. The van der Waals surface area contributed by atoms with Crippen LogP contribution >= 0.6 is 43.5 Å². The lowest BCUT2D eigenvalue weighted by Crippen LogP contribution is -1.91. The Morgan fingerprint density at radius 2 is 1.83 bits per heavy atom. The SMILES string of the molecule is OCC[C@@H]1[C@H](CCCCl)C1(Br)Br. The van der Waals surface area contributed by atoms with Gasteiger partial charge in [-0.1, -0.05) is 31.9 Å². The molecule has 0 saturated heterocycles. The minimum atomic E-state index is 0.0921. The zero-order chi connectivity index (χ0) is 9.19. The third-order valence-corrected chi connectivity index (χ3v) is 5.07. The largest absolute Gasteiger partial charge is 0.396 e. The summed E-state index contributed by atoms with van der Waals surface area (Å²) in [6.45, 7) is 0.279. The molecule has 1 saturated carbocycles. The molecule has 0 spiro atoms. The number of aliphatic hydroxyl groups is 1. The second-order valence-corrected chi connectivity index (χ2v) is 7.30. The molecular formula is C8H13Br2ClO. The molecule has 0 unspecified atom stereocenters. The number of hydrogen-bond donors (Lipinski definition) is 1. The molecule has 0 radical (unpaired) electrons. The van der Waals surface area contributed by atoms with Crippen molar-refractivity contribution in [1.82, 2.24) is 0 Å². The average Bonchev–Trinajstić information content (AvgIpc) is 2.51. The highest BCUT2D eigenvalue weighted by Gasteiger charge is 2.60. The van der Waals surface area contributed by atoms with Gasteiger partial charge >= 0.3 is 0 Å². The molecule has 0 aliphatic heterocycles. The van der Waals surface area contributed by atoms with E-state index in [0.717, 1.165) is 25.1 Å². The predicted molar refractivity (Wildman–Crippen MR) is 59.2 cm³/mol. The van der Waals surface area contributed by atoms with E-state index in [-0.39, 0.29) is 9.84 Å². The van der Waals surface area contributed by atoms with Crippen LogP contribution in [0.15, 0.2) is 0 Å². The molecule has 0 aromatic rings. The van der Waals surface area contributed by atoms with Crippen molar-refractivity contribution in [3.8, 4) is 0 Å². The first-order valence-corrected chi connectivity index (χ1v) is 6.31. The van der Waals surface area contributed by atoms with Gasteiger partial charge in [0.25, 0.3) is 0 Å². The van der Waals surface area contributed by atoms with Crippen LogP contribution in [0.1, 0.15) is 19.3 Å². The van der Waals surface area contributed by atoms with Crippen LogP contribution in [0.5, 0.6) is 0 Å². The third kappa shape index (κ3) is 2.37. The van der Waals surface area contributed by atoms with Crippen molar-refractivity contribution in [2.45, 2.75) is 22.5 Å². The molecule has 1 rings (SSSR count). The van der Waals surface area contributed by atoms with Crippen LogP contribution in [0.25, 0.3) is 0 Å². The summed E-state index contributed by atoms with van der Waals surface area (Å²) in [5.41, 5.74) is 0. The standard InChI is InChI=1S/C8H13Br2ClO/c9-8(10)6(2-1-4-11)7(8)3-5-12/h6-7,12H,1-5H2/t6-,7+/m0/s1. The highest BCUT2D eigenvalue weighted by molar-refractivity contribution is 9.25. The summed E-state index contributed by atoms with van der Waals surface area (Å²) in [6, 6.07) is 0. The summed E-state index contributed by atoms with van der Waals surface area (Å²) in [6.07, 6.45) is 3.08. The molecule has 2 atom stereocenters. The third-order valence-electron chi connectivity index (χ3n) is 2.45. The van der Waals surface area contributed by atoms with E-state index in [0.29, 0.717) is 11.8 Å². The van der Waals surface area contributed by atoms with Gasteiger partial charge in [0.05, 0.1) is 3.23 Å². The Balaban J connectivity index is 2.27. The topological polar surface area (TPSA) is 20.2 Å². The normalized spacial score (nSPS) is 32.0. The number of rotatable bonds is 5. The van der Waals surface area contributed by atoms with Gasteiger partial charge < -0.3 is 5.11 Å². The van der Waals surface area contributed by atoms with E-state index >= 15 is 0 Å². The highest BCUT2D eigenvalue weighted by atomic mass is 79.9. The summed E-state index contributed by atoms with van der Waals surface area (Å²) in [4.78, 5) is 0. The van der Waals surface area contributed by atoms with Crippen molar-refractivity contribution in [2.24, 2.45) is 11.8 Å². The zero-order valence-electron chi connectivity index (χ0n) is 6.77. The predicted octanol–water partition coefficient (Wildman–Crippen LogP) is 3.12. The first-order valence-electron chi connectivity index (χ1n) is 4.19. The Labute approximate surface area is 95.1 Å². The van der Waals surface area contributed by atoms with E-state index < -0.39 is 0 Å². The first-order chi connectivity index (χ1) is 5.64. The van der Waals surface area contributed by atoms with Gasteiger partial charge in [0.2, 0.25) is 0 Å². The minimum Gasteiger partial charge on any atom is -0.396 e. The molecule has 1 aliphatic rings. The maximum absolute atomic E-state index is 8.78. The Kier molecular flexibility index (Phi) is 4.35. The Hall–Kier alpha value is 1.21. The van der Waals surface area contributed by atoms with Crippen molar-refractivity contribution < 1.29 is 5.11 Å². The molecular weight excluding hydrogens is 307 g/mol. The number of hydrogen-bond acceptors (Lipinski definition) is 1. The van der Waals surface area contributed by atoms with Gasteiger partial charge in [0.15, 0.2) is 0 Å². The van der Waals surface area contributed by atoms with E-state index in [1.165, 1.54) is 0 Å². The number of halogens is 3. The van der Waals surface area contributed by atoms with Crippen molar-refractivity contribution in [1.29, 1.82) is 0 Å². The molecule has 0 bridgehead atoms. The van der Waals surface area contributed by atoms with Crippen LogP contribution in [-0.2, 0) is 0 Å². The van der Waals surface area contributed by atoms with E-state index in [1.54, 1.807) is 0 Å². The maximum atomic E-state index is 8.78. The molecule has 0 amide bonds. The van der Waals surface area contributed by atoms with Crippen LogP contribution in [0.3, 0.4) is 0 Å². The molecule has 4 heteroatoms. The highest BCUT2D eigenvalue weighted by Crippen LogP contribution is 2.65. The van der Waals surface area contributed by atoms with Crippen LogP contribution in [0, 0.1) is 11.8 Å². The minimum absolute atomic E-state index is 0.0921. The summed E-state index contributed by atoms with van der Waals surface area (Å²) in [7, 11) is 0. The molecule has 1 N–H and O–H groups in total. The quantitative estimate of drug-likeness (QED) is 0.772. The summed E-state index contributed by atoms with van der Waals surface area (Å²) in [5.74, 6) is 1.95. The zero-order valence-corrected chi connectivity index (χ0v) is 10.7. The number of aliphatic hydroxyl groups excluding tert-OH is 1. The van der Waals surface area contributed by atoms with Gasteiger partial charge in [-0.3, -0.25) is 0 Å². The molecule has 1 fully saturated rings. The second-order valence-electron chi connectivity index (χ2n) is 3.23. The van der Waals surface area contributed by atoms with Crippen molar-refractivity contribution in [3.63, 3.8) is 0 Å². The fourth-order valence-corrected chi connectivity index (χ4v) is 3.77. The lowest BCUT2D eigenvalue weighted by molar-refractivity contribution is 0.276. The molecule has 1 nitrogen and oxygen atoms in total. The Bertz CT molecular complexity index is 152. The monoisotopic (exact) mass is 318 g/mol. The molecule has 0 aromatic carbocycles. The van der Waals surface area contributed by atoms with Crippen molar-refractivity contribution >= 4 is 43.5 Å². The molecule has 12 heavy (non-hydrogen) atoms. The smallest absolute Gasteiger partial charge is 0.0869 e. The maximum Gasteiger partial charge on any atom is 0.0869 e. The van der Waals surface area contributed by atoms with Crippen LogP contribution in [0.2, 0.25) is 0 Å². The lowest BCUT2D eigenvalue weighted by atomic mass is 10.2. The van der Waals surface area contributed by atoms with E-state index in [1.807, 2.05) is 0 Å². The van der Waals surface area contributed by atoms with Crippen LogP contribution in [0.4, 0.5) is 0 Å². The molecule has 0 heterocycles. The second kappa shape index (κ2) is 4.63. The van der Waals surface area contributed by atoms with Crippen LogP contribution < -0.4 is 0 Å². The van der Waals surface area contributed by atoms with Gasteiger partial charge in [-0.15, -0.1) is 11.6 Å². The van der Waals surface area contributed by atoms with Gasteiger partial charge in [0, 0.05) is 12.5 Å². The Morgan fingerprint density at radius 1 is 1.25 bits per heavy atom. The molecule has 0 aromatic heterocycles. The fraction of sp³-hybridized carbons (Fsp3) is 1.00. The van der Waals surface area contributed by atoms with Crippen molar-refractivity contribution in [2.75, 3.05) is 12.5 Å². The van der Waals surface area contributed by atoms with Crippen LogP contribution in [-0.4, -0.2) is 20.8 Å². The van der Waals surface area contributed by atoms with Crippen molar-refractivity contribution in [3.05, 3.63) is 0 Å². The average molecular weight is 320 g/mol. The van der Waals surface area contributed by atoms with E-state index in [2.05, 4.69) is 31.9 Å². The Morgan fingerprint density at radius 3 is 2.33 bits per heavy atom. The molecule has 1 aliphatic carbocycles. The fourth-order valence-electron chi connectivity index (χ4n) is 1.68.